The molecule has 1 aromatic carbocycles. The molecule has 0 saturated heterocycles. The highest BCUT2D eigenvalue weighted by Crippen LogP contribution is 2.21. The molecule has 0 saturated carbocycles. The Morgan fingerprint density at radius 2 is 1.94 bits per heavy atom. The van der Waals surface area contributed by atoms with Crippen LogP contribution in [0.3, 0.4) is 0 Å². The van der Waals surface area contributed by atoms with E-state index in [0.29, 0.717) is 10.8 Å². The van der Waals surface area contributed by atoms with Crippen LogP contribution in [-0.2, 0) is 10.0 Å². The van der Waals surface area contributed by atoms with Crippen LogP contribution in [0.1, 0.15) is 4.88 Å². The number of hydrogen-bond donors (Lipinski definition) is 3. The molecule has 0 radical (unpaired) electrons. The average Bonchev–Trinajstić information content (AvgIpc) is 2.74. The first-order valence-electron chi connectivity index (χ1n) is 5.03. The summed E-state index contributed by atoms with van der Waals surface area (Å²) < 4.78 is 26.4. The molecule has 0 fully saturated rings. The van der Waals surface area contributed by atoms with E-state index in [1.54, 1.807) is 18.3 Å². The number of hydrazine groups is 1. The molecule has 0 amide bonds. The maximum atomic E-state index is 12.0. The Hall–Kier alpha value is -1.64. The smallest absolute Gasteiger partial charge is 0.263 e. The van der Waals surface area contributed by atoms with Gasteiger partial charge in [-0.15, -0.1) is 11.3 Å². The normalized spacial score (nSPS) is 11.2. The molecule has 96 valence electrons. The second-order valence-electron chi connectivity index (χ2n) is 3.55. The van der Waals surface area contributed by atoms with Crippen molar-refractivity contribution in [1.82, 2.24) is 4.98 Å². The summed E-state index contributed by atoms with van der Waals surface area (Å²) in [6.07, 6.45) is 1.62. The summed E-state index contributed by atoms with van der Waals surface area (Å²) in [5.41, 5.74) is 3.07. The first-order valence-corrected chi connectivity index (χ1v) is 7.33. The predicted molar refractivity (Wildman–Crippen MR) is 71.9 cm³/mol. The molecule has 0 spiro atoms. The maximum Gasteiger partial charge on any atom is 0.263 e. The van der Waals surface area contributed by atoms with Crippen LogP contribution in [0.4, 0.5) is 10.8 Å². The minimum absolute atomic E-state index is 0.161. The minimum atomic E-state index is -3.60. The van der Waals surface area contributed by atoms with Crippen LogP contribution in [0.25, 0.3) is 0 Å². The van der Waals surface area contributed by atoms with Gasteiger partial charge in [0.2, 0.25) is 0 Å². The zero-order valence-corrected chi connectivity index (χ0v) is 11.2. The second-order valence-corrected chi connectivity index (χ2v) is 6.47. The Kier molecular flexibility index (Phi) is 3.50. The zero-order chi connectivity index (χ0) is 13.2. The van der Waals surface area contributed by atoms with Gasteiger partial charge in [-0.05, 0) is 31.2 Å². The standard InChI is InChI=1S/C10H12N4O2S2/c1-7-6-12-10(17-7)14-18(15,16)9-4-2-8(13-11)3-5-9/h2-6,13H,11H2,1H3,(H,12,14). The first kappa shape index (κ1) is 12.8. The molecule has 0 aliphatic rings. The lowest BCUT2D eigenvalue weighted by atomic mass is 10.3. The average molecular weight is 284 g/mol. The van der Waals surface area contributed by atoms with E-state index in [0.717, 1.165) is 4.88 Å². The highest BCUT2D eigenvalue weighted by molar-refractivity contribution is 7.93. The van der Waals surface area contributed by atoms with Gasteiger partial charge in [-0.2, -0.15) is 0 Å². The lowest BCUT2D eigenvalue weighted by Crippen LogP contribution is -2.13. The number of nitrogens with one attached hydrogen (secondary N) is 2. The van der Waals surface area contributed by atoms with Crippen molar-refractivity contribution < 1.29 is 8.42 Å². The van der Waals surface area contributed by atoms with E-state index in [-0.39, 0.29) is 4.90 Å². The number of thiazole rings is 1. The van der Waals surface area contributed by atoms with Crippen molar-refractivity contribution in [1.29, 1.82) is 0 Å². The van der Waals surface area contributed by atoms with E-state index in [4.69, 9.17) is 5.84 Å². The third kappa shape index (κ3) is 2.78. The molecule has 4 N–H and O–H groups in total. The Morgan fingerprint density at radius 1 is 1.28 bits per heavy atom. The monoisotopic (exact) mass is 284 g/mol. The lowest BCUT2D eigenvalue weighted by molar-refractivity contribution is 0.601. The van der Waals surface area contributed by atoms with Gasteiger partial charge in [-0.3, -0.25) is 10.6 Å². The molecule has 6 nitrogen and oxygen atoms in total. The fourth-order valence-corrected chi connectivity index (χ4v) is 3.21. The van der Waals surface area contributed by atoms with E-state index in [9.17, 15) is 8.42 Å². The summed E-state index contributed by atoms with van der Waals surface area (Å²) in [5.74, 6) is 5.21. The van der Waals surface area contributed by atoms with Gasteiger partial charge >= 0.3 is 0 Å². The Morgan fingerprint density at radius 3 is 2.44 bits per heavy atom. The number of nitrogen functional groups attached to an aromatic ring is 1. The molecule has 8 heteroatoms. The topological polar surface area (TPSA) is 97.1 Å². The molecule has 0 atom stereocenters. The Labute approximate surface area is 109 Å². The molecule has 0 unspecified atom stereocenters. The predicted octanol–water partition coefficient (Wildman–Crippen LogP) is 1.54. The maximum absolute atomic E-state index is 12.0. The molecule has 0 aliphatic heterocycles. The van der Waals surface area contributed by atoms with Crippen molar-refractivity contribution in [2.45, 2.75) is 11.8 Å². The summed E-state index contributed by atoms with van der Waals surface area (Å²) in [4.78, 5) is 5.06. The molecule has 2 rings (SSSR count). The van der Waals surface area contributed by atoms with Gasteiger partial charge in [0.25, 0.3) is 10.0 Å². The van der Waals surface area contributed by atoms with Gasteiger partial charge in [0, 0.05) is 16.8 Å². The molecule has 0 aliphatic carbocycles. The van der Waals surface area contributed by atoms with Crippen LogP contribution < -0.4 is 16.0 Å². The van der Waals surface area contributed by atoms with Gasteiger partial charge in [-0.25, -0.2) is 13.4 Å². The van der Waals surface area contributed by atoms with Crippen LogP contribution in [-0.4, -0.2) is 13.4 Å². The van der Waals surface area contributed by atoms with Gasteiger partial charge < -0.3 is 5.43 Å². The molecular formula is C10H12N4O2S2. The third-order valence-corrected chi connectivity index (χ3v) is 4.49. The highest BCUT2D eigenvalue weighted by atomic mass is 32.2. The number of rotatable bonds is 4. The highest BCUT2D eigenvalue weighted by Gasteiger charge is 2.15. The zero-order valence-electron chi connectivity index (χ0n) is 9.54. The van der Waals surface area contributed by atoms with Crippen molar-refractivity contribution in [2.24, 2.45) is 5.84 Å². The van der Waals surface area contributed by atoms with E-state index in [1.165, 1.54) is 23.5 Å². The molecule has 1 heterocycles. The van der Waals surface area contributed by atoms with E-state index >= 15 is 0 Å². The van der Waals surface area contributed by atoms with Crippen molar-refractivity contribution in [3.63, 3.8) is 0 Å². The second kappa shape index (κ2) is 4.92. The van der Waals surface area contributed by atoms with Gasteiger partial charge in [0.15, 0.2) is 5.13 Å². The van der Waals surface area contributed by atoms with Crippen LogP contribution >= 0.6 is 11.3 Å². The van der Waals surface area contributed by atoms with E-state index < -0.39 is 10.0 Å². The van der Waals surface area contributed by atoms with Gasteiger partial charge in [0.1, 0.15) is 0 Å². The van der Waals surface area contributed by atoms with Crippen molar-refractivity contribution in [3.05, 3.63) is 35.3 Å². The first-order chi connectivity index (χ1) is 8.51. The van der Waals surface area contributed by atoms with E-state index in [2.05, 4.69) is 15.1 Å². The molecule has 0 bridgehead atoms. The van der Waals surface area contributed by atoms with Crippen LogP contribution in [0, 0.1) is 6.92 Å². The third-order valence-electron chi connectivity index (χ3n) is 2.17. The summed E-state index contributed by atoms with van der Waals surface area (Å²) >= 11 is 1.28. The Bertz CT molecular complexity index is 634. The number of sulfonamides is 1. The van der Waals surface area contributed by atoms with Crippen molar-refractivity contribution >= 4 is 32.2 Å². The number of aryl methyl sites for hydroxylation is 1. The fraction of sp³-hybridized carbons (Fsp3) is 0.100. The quantitative estimate of drug-likeness (QED) is 0.584. The van der Waals surface area contributed by atoms with Gasteiger partial charge in [0.05, 0.1) is 4.90 Å². The fourth-order valence-electron chi connectivity index (χ4n) is 1.31. The molecule has 2 aromatic rings. The number of nitrogens with two attached hydrogens (primary N) is 1. The van der Waals surface area contributed by atoms with Crippen LogP contribution in [0.2, 0.25) is 0 Å². The van der Waals surface area contributed by atoms with Crippen LogP contribution in [0.15, 0.2) is 35.4 Å². The molecule has 18 heavy (non-hydrogen) atoms. The lowest BCUT2D eigenvalue weighted by Gasteiger charge is -2.06. The number of benzene rings is 1. The van der Waals surface area contributed by atoms with E-state index in [1.807, 2.05) is 6.92 Å². The number of nitrogens with zero attached hydrogens (tertiary/aromatic N) is 1. The van der Waals surface area contributed by atoms with Crippen molar-refractivity contribution in [2.75, 3.05) is 10.1 Å². The minimum Gasteiger partial charge on any atom is -0.324 e. The summed E-state index contributed by atoms with van der Waals surface area (Å²) in [7, 11) is -3.60. The van der Waals surface area contributed by atoms with Gasteiger partial charge in [-0.1, -0.05) is 0 Å². The summed E-state index contributed by atoms with van der Waals surface area (Å²) in [5, 5.41) is 0.355. The molecular weight excluding hydrogens is 272 g/mol. The number of aromatic nitrogens is 1. The van der Waals surface area contributed by atoms with Crippen molar-refractivity contribution in [3.8, 4) is 0 Å². The summed E-state index contributed by atoms with van der Waals surface area (Å²) in [6, 6.07) is 6.11. The molecule has 1 aromatic heterocycles. The SMILES string of the molecule is Cc1cnc(NS(=O)(=O)c2ccc(NN)cc2)s1. The van der Waals surface area contributed by atoms with Crippen LogP contribution in [0.5, 0.6) is 0 Å². The number of anilines is 2. The largest absolute Gasteiger partial charge is 0.324 e. The summed E-state index contributed by atoms with van der Waals surface area (Å²) in [6.45, 7) is 1.86. The number of hydrogen-bond acceptors (Lipinski definition) is 6. The Balaban J connectivity index is 2.24.